The van der Waals surface area contributed by atoms with E-state index < -0.39 is 0 Å². The Kier molecular flexibility index (Phi) is 4.14. The zero-order valence-corrected chi connectivity index (χ0v) is 12.7. The Hall–Kier alpha value is -1.20. The number of benzene rings is 1. The van der Waals surface area contributed by atoms with Crippen LogP contribution in [-0.4, -0.2) is 10.8 Å². The minimum absolute atomic E-state index is 0.0412. The van der Waals surface area contributed by atoms with Crippen LogP contribution in [0.2, 0.25) is 0 Å². The fourth-order valence-corrected chi connectivity index (χ4v) is 2.13. The summed E-state index contributed by atoms with van der Waals surface area (Å²) in [5.41, 5.74) is 0.540. The van der Waals surface area contributed by atoms with Crippen LogP contribution in [0.5, 0.6) is 11.5 Å². The van der Waals surface area contributed by atoms with Gasteiger partial charge in [0.2, 0.25) is 0 Å². The van der Waals surface area contributed by atoms with Crippen LogP contribution in [-0.2, 0) is 0 Å². The molecule has 0 fully saturated rings. The first-order chi connectivity index (χ1) is 8.56. The van der Waals surface area contributed by atoms with Crippen molar-refractivity contribution in [3.63, 3.8) is 0 Å². The second-order valence-electron chi connectivity index (χ2n) is 3.64. The minimum Gasteiger partial charge on any atom is -0.455 e. The van der Waals surface area contributed by atoms with Gasteiger partial charge in [-0.15, -0.1) is 0 Å². The molecule has 0 unspecified atom stereocenters. The molecule has 0 N–H and O–H groups in total. The number of carbonyl (C=O) groups is 1. The zero-order chi connectivity index (χ0) is 13.1. The van der Waals surface area contributed by atoms with Crippen molar-refractivity contribution in [2.24, 2.45) is 0 Å². The van der Waals surface area contributed by atoms with Gasteiger partial charge in [0.15, 0.2) is 5.78 Å². The van der Waals surface area contributed by atoms with Gasteiger partial charge in [0.25, 0.3) is 0 Å². The highest BCUT2D eigenvalue weighted by Gasteiger charge is 2.10. The van der Waals surface area contributed by atoms with Crippen LogP contribution in [0.1, 0.15) is 17.3 Å². The van der Waals surface area contributed by atoms with Gasteiger partial charge in [0.05, 0.1) is 11.8 Å². The van der Waals surface area contributed by atoms with Crippen molar-refractivity contribution in [3.05, 3.63) is 51.2 Å². The smallest absolute Gasteiger partial charge is 0.163 e. The van der Waals surface area contributed by atoms with Gasteiger partial charge in [-0.2, -0.15) is 0 Å². The molecule has 2 rings (SSSR count). The second-order valence-corrected chi connectivity index (χ2v) is 5.47. The molecular weight excluding hydrogens is 362 g/mol. The van der Waals surface area contributed by atoms with Gasteiger partial charge >= 0.3 is 0 Å². The van der Waals surface area contributed by atoms with Crippen molar-refractivity contribution in [3.8, 4) is 11.5 Å². The fraction of sp³-hybridized carbons (Fsp3) is 0.0769. The maximum atomic E-state index is 11.5. The number of Topliss-reactive ketones (excluding diaryl/α,β-unsaturated/α-hetero) is 1. The number of hydrogen-bond acceptors (Lipinski definition) is 3. The number of ketones is 1. The standard InChI is InChI=1S/C13H9Br2NO2/c1-8(17)12-3-2-9(14)5-13(12)18-11-4-10(15)6-16-7-11/h2-7H,1H3. The lowest BCUT2D eigenvalue weighted by Crippen LogP contribution is -1.97. The number of pyridine rings is 1. The van der Waals surface area contributed by atoms with Crippen LogP contribution >= 0.6 is 31.9 Å². The average Bonchev–Trinajstić information content (AvgIpc) is 2.28. The van der Waals surface area contributed by atoms with E-state index in [1.165, 1.54) is 6.92 Å². The van der Waals surface area contributed by atoms with E-state index >= 15 is 0 Å². The molecule has 2 aromatic rings. The van der Waals surface area contributed by atoms with Gasteiger partial charge < -0.3 is 4.74 Å². The highest BCUT2D eigenvalue weighted by molar-refractivity contribution is 9.10. The molecule has 18 heavy (non-hydrogen) atoms. The highest BCUT2D eigenvalue weighted by atomic mass is 79.9. The predicted molar refractivity (Wildman–Crippen MR) is 76.2 cm³/mol. The molecule has 92 valence electrons. The maximum Gasteiger partial charge on any atom is 0.163 e. The molecule has 0 atom stereocenters. The molecule has 0 spiro atoms. The molecule has 0 aliphatic carbocycles. The number of ether oxygens (including phenoxy) is 1. The molecule has 1 aromatic carbocycles. The number of hydrogen-bond donors (Lipinski definition) is 0. The van der Waals surface area contributed by atoms with Crippen molar-refractivity contribution < 1.29 is 9.53 Å². The van der Waals surface area contributed by atoms with Crippen molar-refractivity contribution >= 4 is 37.6 Å². The van der Waals surface area contributed by atoms with E-state index in [1.807, 2.05) is 6.07 Å². The first-order valence-corrected chi connectivity index (χ1v) is 6.74. The quantitative estimate of drug-likeness (QED) is 0.741. The van der Waals surface area contributed by atoms with E-state index in [-0.39, 0.29) is 5.78 Å². The Morgan fingerprint density at radius 2 is 1.94 bits per heavy atom. The normalized spacial score (nSPS) is 10.2. The van der Waals surface area contributed by atoms with Crippen LogP contribution in [0.15, 0.2) is 45.6 Å². The Bertz CT molecular complexity index is 599. The number of nitrogens with zero attached hydrogens (tertiary/aromatic N) is 1. The Morgan fingerprint density at radius 1 is 1.17 bits per heavy atom. The summed E-state index contributed by atoms with van der Waals surface area (Å²) in [4.78, 5) is 15.5. The summed E-state index contributed by atoms with van der Waals surface area (Å²) in [5.74, 6) is 1.04. The summed E-state index contributed by atoms with van der Waals surface area (Å²) in [5, 5.41) is 0. The van der Waals surface area contributed by atoms with Gasteiger partial charge in [-0.25, -0.2) is 0 Å². The summed E-state index contributed by atoms with van der Waals surface area (Å²) in [6.07, 6.45) is 3.26. The van der Waals surface area contributed by atoms with E-state index in [0.717, 1.165) is 8.95 Å². The van der Waals surface area contributed by atoms with Crippen molar-refractivity contribution in [1.29, 1.82) is 0 Å². The van der Waals surface area contributed by atoms with Gasteiger partial charge in [-0.1, -0.05) is 15.9 Å². The van der Waals surface area contributed by atoms with E-state index in [9.17, 15) is 4.79 Å². The molecule has 0 saturated carbocycles. The molecule has 1 aromatic heterocycles. The van der Waals surface area contributed by atoms with Crippen molar-refractivity contribution in [1.82, 2.24) is 4.98 Å². The molecule has 0 radical (unpaired) electrons. The van der Waals surface area contributed by atoms with Crippen LogP contribution in [0.3, 0.4) is 0 Å². The summed E-state index contributed by atoms with van der Waals surface area (Å²) >= 11 is 6.68. The monoisotopic (exact) mass is 369 g/mol. The topological polar surface area (TPSA) is 39.2 Å². The zero-order valence-electron chi connectivity index (χ0n) is 9.48. The van der Waals surface area contributed by atoms with Gasteiger partial charge in [-0.05, 0) is 47.1 Å². The minimum atomic E-state index is -0.0412. The summed E-state index contributed by atoms with van der Waals surface area (Å²) in [6, 6.07) is 7.09. The first-order valence-electron chi connectivity index (χ1n) is 5.15. The second kappa shape index (κ2) is 5.63. The number of carbonyl (C=O) groups excluding carboxylic acids is 1. The van der Waals surface area contributed by atoms with Crippen LogP contribution < -0.4 is 4.74 Å². The third-order valence-electron chi connectivity index (χ3n) is 2.23. The average molecular weight is 371 g/mol. The van der Waals surface area contributed by atoms with Crippen LogP contribution in [0.25, 0.3) is 0 Å². The molecule has 3 nitrogen and oxygen atoms in total. The number of halogens is 2. The summed E-state index contributed by atoms with van der Waals surface area (Å²) in [6.45, 7) is 1.51. The van der Waals surface area contributed by atoms with E-state index in [1.54, 1.807) is 30.6 Å². The van der Waals surface area contributed by atoms with Gasteiger partial charge in [0, 0.05) is 15.1 Å². The molecular formula is C13H9Br2NO2. The summed E-state index contributed by atoms with van der Waals surface area (Å²) < 4.78 is 7.36. The molecule has 0 saturated heterocycles. The molecule has 1 heterocycles. The SMILES string of the molecule is CC(=O)c1ccc(Br)cc1Oc1cncc(Br)c1. The highest BCUT2D eigenvalue weighted by Crippen LogP contribution is 2.29. The first kappa shape index (κ1) is 13.2. The lowest BCUT2D eigenvalue weighted by Gasteiger charge is -2.09. The fourth-order valence-electron chi connectivity index (χ4n) is 1.45. The van der Waals surface area contributed by atoms with E-state index in [0.29, 0.717) is 17.1 Å². The van der Waals surface area contributed by atoms with Gasteiger partial charge in [-0.3, -0.25) is 9.78 Å². The molecule has 0 amide bonds. The lowest BCUT2D eigenvalue weighted by molar-refractivity contribution is 0.101. The third-order valence-corrected chi connectivity index (χ3v) is 3.16. The van der Waals surface area contributed by atoms with Crippen LogP contribution in [0.4, 0.5) is 0 Å². The molecule has 0 aliphatic heterocycles. The Morgan fingerprint density at radius 3 is 2.61 bits per heavy atom. The van der Waals surface area contributed by atoms with Crippen molar-refractivity contribution in [2.75, 3.05) is 0 Å². The van der Waals surface area contributed by atoms with Gasteiger partial charge in [0.1, 0.15) is 11.5 Å². The Balaban J connectivity index is 2.39. The Labute approximate surface area is 121 Å². The maximum absolute atomic E-state index is 11.5. The van der Waals surface area contributed by atoms with E-state index in [2.05, 4.69) is 36.8 Å². The predicted octanol–water partition coefficient (Wildman–Crippen LogP) is 4.60. The largest absolute Gasteiger partial charge is 0.455 e. The van der Waals surface area contributed by atoms with Crippen LogP contribution in [0, 0.1) is 0 Å². The molecule has 0 bridgehead atoms. The summed E-state index contributed by atoms with van der Waals surface area (Å²) in [7, 11) is 0. The van der Waals surface area contributed by atoms with Crippen molar-refractivity contribution in [2.45, 2.75) is 6.92 Å². The molecule has 5 heteroatoms. The third kappa shape index (κ3) is 3.17. The molecule has 0 aliphatic rings. The number of aromatic nitrogens is 1. The number of rotatable bonds is 3. The lowest BCUT2D eigenvalue weighted by atomic mass is 10.1. The van der Waals surface area contributed by atoms with E-state index in [4.69, 9.17) is 4.74 Å².